The fourth-order valence-electron chi connectivity index (χ4n) is 10.7. The summed E-state index contributed by atoms with van der Waals surface area (Å²) in [5.41, 5.74) is 12.2. The number of thiophene rings is 7. The molecule has 3 atom stereocenters. The summed E-state index contributed by atoms with van der Waals surface area (Å²) >= 11 is 31.6. The fourth-order valence-corrected chi connectivity index (χ4v) is 17.1. The van der Waals surface area contributed by atoms with Crippen LogP contribution in [0.15, 0.2) is 124 Å². The average molecular weight is 2120 g/mol. The van der Waals surface area contributed by atoms with Gasteiger partial charge in [-0.15, -0.1) is 34.0 Å². The van der Waals surface area contributed by atoms with Crippen molar-refractivity contribution in [1.29, 1.82) is 15.8 Å². The molecule has 3 unspecified atom stereocenters. The number of carbonyl (C=O) groups is 6. The Balaban J connectivity index is -0.000000635. The van der Waals surface area contributed by atoms with Crippen molar-refractivity contribution in [1.82, 2.24) is 20.3 Å². The van der Waals surface area contributed by atoms with E-state index in [0.29, 0.717) is 30.3 Å². The summed E-state index contributed by atoms with van der Waals surface area (Å²) in [6.07, 6.45) is 8.10. The van der Waals surface area contributed by atoms with E-state index in [1.807, 2.05) is 171 Å². The second kappa shape index (κ2) is 71.8. The molecule has 119 heavy (non-hydrogen) atoms. The number of nitriles is 3. The quantitative estimate of drug-likeness (QED) is 0.00923. The minimum Gasteiger partial charge on any atom is -1.00 e. The maximum atomic E-state index is 11.7. The number of Topliss-reactive ketones (excluding diaryl/α,β-unsaturated/α-hetero) is 4. The van der Waals surface area contributed by atoms with Crippen LogP contribution in [0.1, 0.15) is 187 Å². The first-order valence-electron chi connectivity index (χ1n) is 37.7. The molecule has 0 aliphatic heterocycles. The Morgan fingerprint density at radius 1 is 0.613 bits per heavy atom. The summed E-state index contributed by atoms with van der Waals surface area (Å²) < 4.78 is 16.8. The fraction of sp³-hybridized carbons (Fsp3) is 0.437. The van der Waals surface area contributed by atoms with Gasteiger partial charge in [0.2, 0.25) is 17.3 Å². The van der Waals surface area contributed by atoms with Gasteiger partial charge in [0.1, 0.15) is 47.1 Å². The molecule has 0 radical (unpaired) electrons. The van der Waals surface area contributed by atoms with Gasteiger partial charge in [0.15, 0.2) is 18.2 Å². The molecule has 0 bridgehead atoms. The molecule has 0 saturated carbocycles. The summed E-state index contributed by atoms with van der Waals surface area (Å²) in [5.74, 6) is 2.50. The molecule has 10 aromatic rings. The van der Waals surface area contributed by atoms with Crippen molar-refractivity contribution < 1.29 is 84.0 Å². The number of halogens is 6. The van der Waals surface area contributed by atoms with E-state index in [-0.39, 0.29) is 95.2 Å². The van der Waals surface area contributed by atoms with E-state index in [1.165, 1.54) is 81.6 Å². The number of amides is 1. The third-order valence-electron chi connectivity index (χ3n) is 16.3. The Kier molecular flexibility index (Phi) is 71.6. The summed E-state index contributed by atoms with van der Waals surface area (Å²) in [5, 5.41) is 62.6. The van der Waals surface area contributed by atoms with E-state index >= 15 is 0 Å². The molecule has 10 rings (SSSR count). The number of hydroxylamine groups is 3. The molecule has 3 aromatic carbocycles. The molecule has 1 amide bonds. The summed E-state index contributed by atoms with van der Waals surface area (Å²) in [6.45, 7) is 24.0. The largest absolute Gasteiger partial charge is 1.00 e. The zero-order valence-corrected chi connectivity index (χ0v) is 88.6. The van der Waals surface area contributed by atoms with E-state index in [0.717, 1.165) is 85.1 Å². The predicted octanol–water partition coefficient (Wildman–Crippen LogP) is 23.6. The van der Waals surface area contributed by atoms with Crippen molar-refractivity contribution in [3.05, 3.63) is 174 Å². The number of carbonyl (C=O) groups excluding carboxylic acids is 6. The van der Waals surface area contributed by atoms with Gasteiger partial charge >= 0.3 is 29.6 Å². The van der Waals surface area contributed by atoms with Gasteiger partial charge in [0, 0.05) is 130 Å². The molecule has 0 fully saturated rings. The first kappa shape index (κ1) is 119. The molecular weight excluding hydrogens is 2000 g/mol. The Hall–Kier alpha value is -4.48. The van der Waals surface area contributed by atoms with Gasteiger partial charge in [-0.1, -0.05) is 87.2 Å². The second-order valence-corrected chi connectivity index (χ2v) is 34.3. The number of alkyl halides is 2. The first-order valence-corrected chi connectivity index (χ1v) is 51.0. The van der Waals surface area contributed by atoms with E-state index in [1.54, 1.807) is 101 Å². The van der Waals surface area contributed by atoms with Crippen LogP contribution >= 0.6 is 167 Å². The average Bonchev–Trinajstić information content (AvgIpc) is 1.58. The molecule has 0 aliphatic rings. The molecule has 0 saturated heterocycles. The number of hydrogen-bond donors (Lipinski definition) is 2. The third kappa shape index (κ3) is 46.4. The zero-order chi connectivity index (χ0) is 89.8. The molecule has 32 heteroatoms. The van der Waals surface area contributed by atoms with Crippen LogP contribution < -0.4 is 44.5 Å². The zero-order valence-electron chi connectivity index (χ0n) is 73.2. The number of likely N-dealkylation sites (N-methyl/N-ethyl adjacent to an activating group) is 2. The number of phenols is 1. The molecule has 650 valence electrons. The molecule has 18 nitrogen and oxygen atoms in total. The van der Waals surface area contributed by atoms with E-state index in [2.05, 4.69) is 172 Å². The van der Waals surface area contributed by atoms with Crippen LogP contribution in [0, 0.1) is 54.8 Å². The summed E-state index contributed by atoms with van der Waals surface area (Å²) in [6, 6.07) is 26.2. The number of aromatic hydroxyl groups is 1. The molecule has 0 aliphatic carbocycles. The van der Waals surface area contributed by atoms with Gasteiger partial charge in [-0.25, -0.2) is 10.5 Å². The van der Waals surface area contributed by atoms with E-state index in [9.17, 15) is 39.1 Å². The molecule has 7 aromatic heterocycles. The Bertz CT molecular complexity index is 4550. The molecule has 2 N–H and O–H groups in total. The topological polar surface area (TPSA) is 253 Å². The van der Waals surface area contributed by atoms with Crippen LogP contribution in [-0.2, 0) is 48.1 Å². The normalized spacial score (nSPS) is 10.6. The van der Waals surface area contributed by atoms with Gasteiger partial charge in [-0.05, 0) is 277 Å². The minimum absolute atomic E-state index is 0. The number of aryl methyl sites for hydroxylation is 6. The summed E-state index contributed by atoms with van der Waals surface area (Å²) in [4.78, 5) is 78.5. The van der Waals surface area contributed by atoms with Crippen molar-refractivity contribution in [3.8, 4) is 35.5 Å². The van der Waals surface area contributed by atoms with Crippen LogP contribution in [-0.4, -0.2) is 140 Å². The van der Waals surface area contributed by atoms with Crippen LogP contribution in [0.3, 0.4) is 0 Å². The van der Waals surface area contributed by atoms with Gasteiger partial charge in [0.25, 0.3) is 0 Å². The molecule has 7 heterocycles. The van der Waals surface area contributed by atoms with Crippen LogP contribution in [0.5, 0.6) is 17.2 Å². The van der Waals surface area contributed by atoms with E-state index < -0.39 is 6.10 Å². The molecule has 0 spiro atoms. The van der Waals surface area contributed by atoms with Gasteiger partial charge in [-0.2, -0.15) is 61.1 Å². The maximum absolute atomic E-state index is 11.7. The van der Waals surface area contributed by atoms with Gasteiger partial charge in [-0.3, -0.25) is 43.4 Å². The van der Waals surface area contributed by atoms with Crippen molar-refractivity contribution in [2.75, 3.05) is 68.4 Å². The smallest absolute Gasteiger partial charge is 1.00 e. The van der Waals surface area contributed by atoms with Crippen LogP contribution in [0.4, 0.5) is 0 Å². The Morgan fingerprint density at radius 3 is 1.40 bits per heavy atom. The number of phenolic OH excluding ortho intramolecular Hbond substituents is 1. The second-order valence-electron chi connectivity index (χ2n) is 25.4. The third-order valence-corrected chi connectivity index (χ3v) is 24.5. The number of fused-ring (bicyclic) bond motifs is 3. The number of benzene rings is 3. The predicted molar refractivity (Wildman–Crippen MR) is 522 cm³/mol. The van der Waals surface area contributed by atoms with E-state index in [4.69, 9.17) is 31.6 Å². The number of ether oxygens (including phenoxy) is 2. The minimum atomic E-state index is -0.555. The van der Waals surface area contributed by atoms with Crippen molar-refractivity contribution in [3.63, 3.8) is 0 Å². The van der Waals surface area contributed by atoms with Gasteiger partial charge in [0.05, 0.1) is 36.9 Å². The maximum Gasteiger partial charge on any atom is 1.00 e. The molecular formula is C87H116Br5ClN7NaO11S7. The number of hydrogen-bond acceptors (Lipinski definition) is 24. The van der Waals surface area contributed by atoms with Gasteiger partial charge < -0.3 is 20.8 Å². The van der Waals surface area contributed by atoms with Crippen LogP contribution in [0.25, 0.3) is 30.3 Å². The SMILES string of the molecule is BrBr.Brc1ccsc1.CCC(Br)C(=O)c1ccsc1.CCC(C(=O)CC(C)=O)c1ccsc1.CCCC(=O)Cl.CCCC(=O)N(C)OC.CCCC(=O)c1ccsc1.CCc1c(O)cc(C)c2sccc12.CCc1c(OC(C#N)C(N(C)C)N(C)C)cc(C)c2sccc12.CCc1c(OCC#N)cc(C)c2sccc12.CNOC.N#CCBr.[H-].[Na+]. The number of nitrogens with zero attached hydrogens (tertiary/aromatic N) is 6. The first-order chi connectivity index (χ1) is 56.4. The Labute approximate surface area is 804 Å². The number of ketones is 4. The summed E-state index contributed by atoms with van der Waals surface area (Å²) in [7, 11) is 14.2. The van der Waals surface area contributed by atoms with Crippen molar-refractivity contribution in [2.24, 2.45) is 0 Å². The monoisotopic (exact) mass is 2110 g/mol. The Morgan fingerprint density at radius 2 is 1.06 bits per heavy atom. The number of rotatable bonds is 27. The standard InChI is InChI=1S/C18H25N3OS.C13H13NOS.C11H14O2S.C11H12OS.C8H9BrOS.C8H10OS.C6H13NO2.C4H3BrS.C4H7ClO.C2H2BrN.C2H7NO.Br2.Na.H/c1-7-13-14-8-9-23-17(14)12(2)10-15(13)22-16(11-19)18(20(3)4)21(5)6;1-3-10-11-4-7-16-13(11)9(2)8-12(10)15-6-5-14;1-3-10(9-4-5-14-7-9)11(13)6-8(2)12;1-3-8-9-4-5-13-11(9)7(2)6-10(8)12;1-2-7(9)8(10)6-3-4-11-5-6;1-2-3-8(9)7-4-5-10-6-7;1-4-5-6(8)7(2)9-3;5-4-1-2-6-3-4;1-2-3-4(5)6;3-1-2-4;1-3-4-2;1-2;;/h8-10,16,18H,7H2,1-6H3;4,7-8H,3,6H2,1-2H3;4-5,7,10H,3,6H2,1-2H3;4-6,12H,3H2,1-2H3;3-5,7H,2H2,1H3;4-6H,2-3H2,1H3;4-5H2,1-3H3;1-3H;2-3H2,1H3;1H2;3H,1-2H3;;;/q;;;;;;;;;;;;+1;-1. The van der Waals surface area contributed by atoms with Crippen molar-refractivity contribution in [2.45, 2.75) is 183 Å². The number of nitrogens with one attached hydrogen (secondary N) is 1. The van der Waals surface area contributed by atoms with Crippen molar-refractivity contribution >= 4 is 232 Å². The van der Waals surface area contributed by atoms with Crippen LogP contribution in [0.2, 0.25) is 0 Å².